The largest absolute Gasteiger partial charge is 0.462 e. The molecule has 1 heterocycles. The average molecular weight is 437 g/mol. The second kappa shape index (κ2) is 11.3. The topological polar surface area (TPSA) is 59.4 Å². The van der Waals surface area contributed by atoms with E-state index < -0.39 is 0 Å². The van der Waals surface area contributed by atoms with Crippen LogP contribution in [0.4, 0.5) is 5.69 Å². The first-order valence-electron chi connectivity index (χ1n) is 10.4. The van der Waals surface area contributed by atoms with E-state index in [4.69, 9.17) is 17.0 Å². The van der Waals surface area contributed by atoms with Gasteiger partial charge in [-0.1, -0.05) is 24.3 Å². The third-order valence-corrected chi connectivity index (χ3v) is 5.32. The van der Waals surface area contributed by atoms with Crippen molar-refractivity contribution in [1.82, 2.24) is 14.5 Å². The molecular weight excluding hydrogens is 408 g/mol. The molecule has 0 amide bonds. The van der Waals surface area contributed by atoms with Crippen LogP contribution >= 0.6 is 12.2 Å². The highest BCUT2D eigenvalue weighted by Crippen LogP contribution is 2.15. The highest BCUT2D eigenvalue weighted by Gasteiger charge is 2.13. The standard InChI is InChI=1S/C24H28N4O2S/c1-3-30-23(29)20-9-11-22(12-10-20)26-24(31)28(15-6-14-27-16-13-25-18-27)17-21-8-5-4-7-19(21)2/h4-5,7-13,16,18H,3,6,14-15,17H2,1-2H3,(H,26,31). The Kier molecular flexibility index (Phi) is 8.18. The summed E-state index contributed by atoms with van der Waals surface area (Å²) in [5.41, 5.74) is 3.84. The van der Waals surface area contributed by atoms with Crippen LogP contribution in [0.5, 0.6) is 0 Å². The Labute approximate surface area is 188 Å². The maximum absolute atomic E-state index is 11.9. The van der Waals surface area contributed by atoms with Crippen molar-refractivity contribution in [3.05, 3.63) is 83.9 Å². The first-order chi connectivity index (χ1) is 15.1. The molecule has 162 valence electrons. The minimum absolute atomic E-state index is 0.322. The van der Waals surface area contributed by atoms with Crippen LogP contribution in [0.3, 0.4) is 0 Å². The van der Waals surface area contributed by atoms with Gasteiger partial charge in [0.15, 0.2) is 5.11 Å². The van der Waals surface area contributed by atoms with Crippen LogP contribution < -0.4 is 5.32 Å². The van der Waals surface area contributed by atoms with Crippen LogP contribution in [0, 0.1) is 6.92 Å². The molecule has 31 heavy (non-hydrogen) atoms. The molecular formula is C24H28N4O2S. The number of carbonyl (C=O) groups excluding carboxylic acids is 1. The summed E-state index contributed by atoms with van der Waals surface area (Å²) in [7, 11) is 0. The molecule has 1 N–H and O–H groups in total. The van der Waals surface area contributed by atoms with Gasteiger partial charge in [-0.3, -0.25) is 0 Å². The van der Waals surface area contributed by atoms with Crippen LogP contribution in [0.25, 0.3) is 0 Å². The van der Waals surface area contributed by atoms with Gasteiger partial charge in [-0.2, -0.15) is 0 Å². The Morgan fingerprint density at radius 3 is 2.65 bits per heavy atom. The van der Waals surface area contributed by atoms with Crippen molar-refractivity contribution in [2.24, 2.45) is 0 Å². The number of rotatable bonds is 9. The van der Waals surface area contributed by atoms with Crippen molar-refractivity contribution in [3.8, 4) is 0 Å². The number of benzene rings is 2. The monoisotopic (exact) mass is 436 g/mol. The summed E-state index contributed by atoms with van der Waals surface area (Å²) in [6.07, 6.45) is 6.52. The molecule has 0 atom stereocenters. The molecule has 3 aromatic rings. The second-order valence-electron chi connectivity index (χ2n) is 7.23. The van der Waals surface area contributed by atoms with Gasteiger partial charge >= 0.3 is 5.97 Å². The number of imidazole rings is 1. The number of anilines is 1. The van der Waals surface area contributed by atoms with Crippen molar-refractivity contribution >= 4 is 29.0 Å². The number of esters is 1. The van der Waals surface area contributed by atoms with Gasteiger partial charge < -0.3 is 19.5 Å². The van der Waals surface area contributed by atoms with Crippen LogP contribution in [0.15, 0.2) is 67.3 Å². The summed E-state index contributed by atoms with van der Waals surface area (Å²) in [4.78, 5) is 18.1. The maximum atomic E-state index is 11.9. The van der Waals surface area contributed by atoms with Gasteiger partial charge in [0.1, 0.15) is 0 Å². The van der Waals surface area contributed by atoms with E-state index in [9.17, 15) is 4.79 Å². The van der Waals surface area contributed by atoms with Gasteiger partial charge in [0.05, 0.1) is 18.5 Å². The lowest BCUT2D eigenvalue weighted by molar-refractivity contribution is 0.0526. The number of carbonyl (C=O) groups is 1. The molecule has 3 rings (SSSR count). The van der Waals surface area contributed by atoms with Gasteiger partial charge in [-0.05, 0) is 67.9 Å². The Hall–Kier alpha value is -3.19. The summed E-state index contributed by atoms with van der Waals surface area (Å²) in [5, 5.41) is 3.96. The van der Waals surface area contributed by atoms with E-state index in [1.165, 1.54) is 11.1 Å². The molecule has 1 aromatic heterocycles. The summed E-state index contributed by atoms with van der Waals surface area (Å²) in [6.45, 7) is 6.67. The third-order valence-electron chi connectivity index (χ3n) is 4.96. The number of ether oxygens (including phenoxy) is 1. The van der Waals surface area contributed by atoms with Crippen molar-refractivity contribution in [2.45, 2.75) is 33.4 Å². The third kappa shape index (κ3) is 6.65. The fourth-order valence-electron chi connectivity index (χ4n) is 3.22. The van der Waals surface area contributed by atoms with Crippen LogP contribution in [0.2, 0.25) is 0 Å². The molecule has 2 aromatic carbocycles. The highest BCUT2D eigenvalue weighted by atomic mass is 32.1. The Bertz CT molecular complexity index is 987. The lowest BCUT2D eigenvalue weighted by atomic mass is 10.1. The van der Waals surface area contributed by atoms with Crippen LogP contribution in [0.1, 0.15) is 34.8 Å². The minimum atomic E-state index is -0.322. The van der Waals surface area contributed by atoms with Crippen molar-refractivity contribution in [3.63, 3.8) is 0 Å². The molecule has 0 aliphatic heterocycles. The molecule has 0 saturated carbocycles. The quantitative estimate of drug-likeness (QED) is 0.389. The van der Waals surface area contributed by atoms with Crippen molar-refractivity contribution in [2.75, 3.05) is 18.5 Å². The van der Waals surface area contributed by atoms with E-state index in [0.29, 0.717) is 17.3 Å². The molecule has 6 nitrogen and oxygen atoms in total. The van der Waals surface area contributed by atoms with Crippen LogP contribution in [-0.4, -0.2) is 38.7 Å². The van der Waals surface area contributed by atoms with E-state index in [0.717, 1.165) is 31.7 Å². The summed E-state index contributed by atoms with van der Waals surface area (Å²) >= 11 is 5.74. The van der Waals surface area contributed by atoms with E-state index in [2.05, 4.69) is 44.9 Å². The zero-order chi connectivity index (χ0) is 22.1. The normalized spacial score (nSPS) is 10.5. The predicted octanol–water partition coefficient (Wildman–Crippen LogP) is 4.66. The average Bonchev–Trinajstić information content (AvgIpc) is 3.28. The van der Waals surface area contributed by atoms with E-state index in [1.54, 1.807) is 25.3 Å². The van der Waals surface area contributed by atoms with Gasteiger partial charge in [0.25, 0.3) is 0 Å². The smallest absolute Gasteiger partial charge is 0.338 e. The number of nitrogens with one attached hydrogen (secondary N) is 1. The lowest BCUT2D eigenvalue weighted by Gasteiger charge is -2.27. The first-order valence-corrected chi connectivity index (χ1v) is 10.8. The van der Waals surface area contributed by atoms with E-state index >= 15 is 0 Å². The Morgan fingerprint density at radius 2 is 1.97 bits per heavy atom. The number of hydrogen-bond acceptors (Lipinski definition) is 4. The summed E-state index contributed by atoms with van der Waals surface area (Å²) in [5.74, 6) is -0.322. The molecule has 0 spiro atoms. The molecule has 0 aliphatic carbocycles. The second-order valence-corrected chi connectivity index (χ2v) is 7.62. The molecule has 0 radical (unpaired) electrons. The molecule has 7 heteroatoms. The Balaban J connectivity index is 1.67. The number of aryl methyl sites for hydroxylation is 2. The minimum Gasteiger partial charge on any atom is -0.462 e. The van der Waals surface area contributed by atoms with E-state index in [-0.39, 0.29) is 5.97 Å². The Morgan fingerprint density at radius 1 is 1.19 bits per heavy atom. The zero-order valence-corrected chi connectivity index (χ0v) is 18.8. The van der Waals surface area contributed by atoms with Gasteiger partial charge in [-0.15, -0.1) is 0 Å². The zero-order valence-electron chi connectivity index (χ0n) is 18.0. The number of hydrogen-bond donors (Lipinski definition) is 1. The number of nitrogens with zero attached hydrogens (tertiary/aromatic N) is 3. The van der Waals surface area contributed by atoms with Gasteiger partial charge in [0, 0.05) is 37.7 Å². The highest BCUT2D eigenvalue weighted by molar-refractivity contribution is 7.80. The molecule has 0 unspecified atom stereocenters. The molecule has 0 aliphatic rings. The first kappa shape index (κ1) is 22.5. The fraction of sp³-hybridized carbons (Fsp3) is 0.292. The number of thiocarbonyl (C=S) groups is 1. The molecule has 0 bridgehead atoms. The maximum Gasteiger partial charge on any atom is 0.338 e. The molecule has 0 fully saturated rings. The van der Waals surface area contributed by atoms with Crippen molar-refractivity contribution in [1.29, 1.82) is 0 Å². The van der Waals surface area contributed by atoms with Crippen LogP contribution in [-0.2, 0) is 17.8 Å². The summed E-state index contributed by atoms with van der Waals surface area (Å²) in [6, 6.07) is 15.5. The van der Waals surface area contributed by atoms with Gasteiger partial charge in [0.2, 0.25) is 0 Å². The van der Waals surface area contributed by atoms with E-state index in [1.807, 2.05) is 30.7 Å². The van der Waals surface area contributed by atoms with Gasteiger partial charge in [-0.25, -0.2) is 9.78 Å². The summed E-state index contributed by atoms with van der Waals surface area (Å²) < 4.78 is 7.11. The van der Waals surface area contributed by atoms with Crippen molar-refractivity contribution < 1.29 is 9.53 Å². The fourth-order valence-corrected chi connectivity index (χ4v) is 3.49. The predicted molar refractivity (Wildman–Crippen MR) is 127 cm³/mol. The number of aromatic nitrogens is 2. The lowest BCUT2D eigenvalue weighted by Crippen LogP contribution is -2.35. The SMILES string of the molecule is CCOC(=O)c1ccc(NC(=S)N(CCCn2ccnc2)Cc2ccccc2C)cc1. The molecule has 0 saturated heterocycles.